The number of carbonyl (C=O) groups excluding carboxylic acids is 4. The summed E-state index contributed by atoms with van der Waals surface area (Å²) in [6, 6.07) is 14.3. The smallest absolute Gasteiger partial charge is 0.419 e. The van der Waals surface area contributed by atoms with E-state index in [1.165, 1.54) is 6.07 Å². The molecule has 3 saturated heterocycles. The molecule has 0 bridgehead atoms. The van der Waals surface area contributed by atoms with E-state index in [4.69, 9.17) is 17.0 Å². The van der Waals surface area contributed by atoms with Crippen molar-refractivity contribution < 1.29 is 37.1 Å². The van der Waals surface area contributed by atoms with Gasteiger partial charge in [0, 0.05) is 23.5 Å². The van der Waals surface area contributed by atoms with E-state index in [0.717, 1.165) is 55.1 Å². The lowest BCUT2D eigenvalue weighted by atomic mass is 9.94. The first-order valence-corrected chi connectivity index (χ1v) is 19.5. The number of alkyl halides is 3. The molecule has 4 heterocycles. The number of ether oxygens (including phenoxy) is 1. The van der Waals surface area contributed by atoms with Gasteiger partial charge in [-0.25, -0.2) is 4.98 Å². The molecule has 1 atom stereocenters. The number of piperidine rings is 2. The first kappa shape index (κ1) is 44.8. The number of nitrogens with one attached hydrogen (secondary N) is 3. The highest BCUT2D eigenvalue weighted by Crippen LogP contribution is 2.41. The maximum atomic E-state index is 13.8. The molecule has 4 amide bonds. The second kappa shape index (κ2) is 18.3. The SMILES string of the molecule is CC(C)c1cc(N2C(=S)N(c3cnc(C#N)c(C(F)(F)F)c3)C(=O)C2(C)C)ccc1OCCC1CCN(CC(=O)Nc2cccc(NC3CCC(=O)NC3=O)c2)CC1.Cl. The van der Waals surface area contributed by atoms with Crippen molar-refractivity contribution in [2.24, 2.45) is 5.92 Å². The van der Waals surface area contributed by atoms with E-state index in [9.17, 15) is 37.6 Å². The third kappa shape index (κ3) is 10.1. The van der Waals surface area contributed by atoms with E-state index < -0.39 is 34.9 Å². The molecule has 2 aromatic carbocycles. The van der Waals surface area contributed by atoms with Crippen LogP contribution in [0.25, 0.3) is 0 Å². The molecule has 13 nitrogen and oxygen atoms in total. The number of pyridine rings is 1. The molecule has 1 aromatic heterocycles. The summed E-state index contributed by atoms with van der Waals surface area (Å²) in [6.07, 6.45) is -0.517. The van der Waals surface area contributed by atoms with E-state index in [0.29, 0.717) is 41.8 Å². The normalized spacial score (nSPS) is 18.7. The van der Waals surface area contributed by atoms with Gasteiger partial charge in [0.1, 0.15) is 23.4 Å². The van der Waals surface area contributed by atoms with Gasteiger partial charge in [0.15, 0.2) is 10.8 Å². The standard InChI is InChI=1S/C41H45F3N8O5S.ClH/c1-24(2)30-19-28(52-39(58)51(38(56)40(52,3)4)29-20-31(41(42,43)44)33(21-45)46-22-29)8-10-34(30)57-17-14-25-12-15-50(16-13-25)23-36(54)48-27-7-5-6-26(18-27)47-32-9-11-35(53)49-37(32)55;/h5-8,10,18-20,22,24-25,32,47H,9,11-17,23H2,1-4H3,(H,48,54)(H,49,53,55);1H. The Labute approximate surface area is 352 Å². The first-order chi connectivity index (χ1) is 27.5. The number of amides is 4. The van der Waals surface area contributed by atoms with Crippen LogP contribution in [-0.4, -0.2) is 76.4 Å². The summed E-state index contributed by atoms with van der Waals surface area (Å²) in [5.41, 5.74) is -0.755. The number of imide groups is 1. The van der Waals surface area contributed by atoms with Crippen molar-refractivity contribution in [3.63, 3.8) is 0 Å². The average molecular weight is 855 g/mol. The molecule has 18 heteroatoms. The van der Waals surface area contributed by atoms with Crippen LogP contribution in [0.2, 0.25) is 0 Å². The van der Waals surface area contributed by atoms with Crippen molar-refractivity contribution in [1.29, 1.82) is 5.26 Å². The molecule has 3 fully saturated rings. The molecule has 3 aliphatic heterocycles. The summed E-state index contributed by atoms with van der Waals surface area (Å²) in [5, 5.41) is 17.6. The molecule has 0 aliphatic carbocycles. The molecule has 3 aliphatic rings. The number of aromatic nitrogens is 1. The average Bonchev–Trinajstić information content (AvgIpc) is 3.34. The molecule has 3 aromatic rings. The quantitative estimate of drug-likeness (QED) is 0.130. The Hall–Kier alpha value is -5.31. The fraction of sp³-hybridized carbons (Fsp3) is 0.439. The van der Waals surface area contributed by atoms with Crippen LogP contribution in [0, 0.1) is 17.2 Å². The third-order valence-corrected chi connectivity index (χ3v) is 11.0. The number of likely N-dealkylation sites (tertiary alicyclic amines) is 1. The van der Waals surface area contributed by atoms with Gasteiger partial charge in [0.25, 0.3) is 5.91 Å². The molecular weight excluding hydrogens is 809 g/mol. The Morgan fingerprint density at radius 3 is 2.44 bits per heavy atom. The fourth-order valence-electron chi connectivity index (χ4n) is 7.49. The van der Waals surface area contributed by atoms with Crippen molar-refractivity contribution >= 4 is 76.1 Å². The number of nitrogens with zero attached hydrogens (tertiary/aromatic N) is 5. The van der Waals surface area contributed by atoms with Crippen molar-refractivity contribution in [3.8, 4) is 11.8 Å². The summed E-state index contributed by atoms with van der Waals surface area (Å²) >= 11 is 5.71. The predicted molar refractivity (Wildman–Crippen MR) is 223 cm³/mol. The Bertz CT molecular complexity index is 2160. The van der Waals surface area contributed by atoms with Crippen LogP contribution in [0.5, 0.6) is 5.75 Å². The zero-order valence-corrected chi connectivity index (χ0v) is 34.7. The number of nitriles is 1. The summed E-state index contributed by atoms with van der Waals surface area (Å²) < 4.78 is 47.6. The van der Waals surface area contributed by atoms with E-state index in [-0.39, 0.29) is 59.8 Å². The lowest BCUT2D eigenvalue weighted by molar-refractivity contribution is -0.138. The number of hydrogen-bond donors (Lipinski definition) is 3. The fourth-order valence-corrected chi connectivity index (χ4v) is 8.01. The number of carbonyl (C=O) groups is 4. The Morgan fingerprint density at radius 2 is 1.78 bits per heavy atom. The Morgan fingerprint density at radius 1 is 1.07 bits per heavy atom. The van der Waals surface area contributed by atoms with E-state index in [2.05, 4.69) is 25.8 Å². The summed E-state index contributed by atoms with van der Waals surface area (Å²) in [7, 11) is 0. The molecule has 314 valence electrons. The molecule has 6 rings (SSSR count). The van der Waals surface area contributed by atoms with Gasteiger partial charge >= 0.3 is 6.18 Å². The molecule has 1 unspecified atom stereocenters. The van der Waals surface area contributed by atoms with Crippen LogP contribution in [0.15, 0.2) is 54.7 Å². The number of thiocarbonyl (C=S) groups is 1. The Balaban J connectivity index is 0.00000661. The largest absolute Gasteiger partial charge is 0.493 e. The van der Waals surface area contributed by atoms with Crippen molar-refractivity contribution in [2.45, 2.75) is 83.5 Å². The highest BCUT2D eigenvalue weighted by molar-refractivity contribution is 7.81. The number of benzene rings is 2. The minimum Gasteiger partial charge on any atom is -0.493 e. The van der Waals surface area contributed by atoms with Crippen LogP contribution < -0.4 is 30.5 Å². The van der Waals surface area contributed by atoms with Gasteiger partial charge in [0.2, 0.25) is 17.7 Å². The third-order valence-electron chi connectivity index (χ3n) is 10.7. The second-order valence-electron chi connectivity index (χ2n) is 15.5. The van der Waals surface area contributed by atoms with Crippen LogP contribution in [0.3, 0.4) is 0 Å². The minimum absolute atomic E-state index is 0. The van der Waals surface area contributed by atoms with Crippen LogP contribution >= 0.6 is 24.6 Å². The molecule has 0 radical (unpaired) electrons. The highest BCUT2D eigenvalue weighted by Gasteiger charge is 2.51. The minimum atomic E-state index is -4.86. The molecule has 3 N–H and O–H groups in total. The predicted octanol–water partition coefficient (Wildman–Crippen LogP) is 6.77. The highest BCUT2D eigenvalue weighted by atomic mass is 35.5. The van der Waals surface area contributed by atoms with Gasteiger partial charge in [-0.15, -0.1) is 12.4 Å². The summed E-state index contributed by atoms with van der Waals surface area (Å²) in [4.78, 5) is 58.6. The van der Waals surface area contributed by atoms with Gasteiger partial charge < -0.3 is 20.3 Å². The second-order valence-corrected chi connectivity index (χ2v) is 15.9. The molecular formula is C41H46ClF3N8O5S. The zero-order chi connectivity index (χ0) is 41.9. The number of hydrogen-bond acceptors (Lipinski definition) is 10. The van der Waals surface area contributed by atoms with Crippen LogP contribution in [0.4, 0.5) is 35.9 Å². The number of anilines is 4. The number of rotatable bonds is 12. The van der Waals surface area contributed by atoms with Crippen LogP contribution in [-0.2, 0) is 25.4 Å². The monoisotopic (exact) mass is 854 g/mol. The van der Waals surface area contributed by atoms with Gasteiger partial charge in [-0.2, -0.15) is 18.4 Å². The first-order valence-electron chi connectivity index (χ1n) is 19.1. The van der Waals surface area contributed by atoms with Crippen molar-refractivity contribution in [1.82, 2.24) is 15.2 Å². The Kier molecular flexibility index (Phi) is 13.9. The summed E-state index contributed by atoms with van der Waals surface area (Å²) in [5.74, 6) is -0.211. The lowest BCUT2D eigenvalue weighted by Gasteiger charge is -2.32. The number of halogens is 4. The maximum absolute atomic E-state index is 13.8. The van der Waals surface area contributed by atoms with E-state index in [1.54, 1.807) is 49.1 Å². The molecule has 59 heavy (non-hydrogen) atoms. The van der Waals surface area contributed by atoms with Gasteiger partial charge in [0.05, 0.1) is 30.6 Å². The summed E-state index contributed by atoms with van der Waals surface area (Å²) in [6.45, 7) is 9.56. The van der Waals surface area contributed by atoms with Gasteiger partial charge in [-0.3, -0.25) is 34.3 Å². The van der Waals surface area contributed by atoms with E-state index in [1.807, 2.05) is 26.0 Å². The van der Waals surface area contributed by atoms with Gasteiger partial charge in [-0.1, -0.05) is 19.9 Å². The van der Waals surface area contributed by atoms with Gasteiger partial charge in [-0.05, 0) is 125 Å². The van der Waals surface area contributed by atoms with Crippen LogP contribution in [0.1, 0.15) is 82.5 Å². The van der Waals surface area contributed by atoms with Crippen molar-refractivity contribution in [3.05, 3.63) is 71.5 Å². The molecule has 0 spiro atoms. The molecule has 0 saturated carbocycles. The van der Waals surface area contributed by atoms with Crippen molar-refractivity contribution in [2.75, 3.05) is 46.7 Å². The lowest BCUT2D eigenvalue weighted by Crippen LogP contribution is -2.47. The maximum Gasteiger partial charge on any atom is 0.419 e. The topological polar surface area (TPSA) is 160 Å². The zero-order valence-electron chi connectivity index (χ0n) is 33.0. The van der Waals surface area contributed by atoms with E-state index >= 15 is 0 Å².